The summed E-state index contributed by atoms with van der Waals surface area (Å²) in [6, 6.07) is 7.64. The smallest absolute Gasteiger partial charge is 0.308 e. The Labute approximate surface area is 125 Å². The number of nitrogens with zero attached hydrogens (tertiary/aromatic N) is 3. The SMILES string of the molecule is O=C(O)C1CCN(C(=O)c2ccn(-c3ccccc3F)n2)C1. The van der Waals surface area contributed by atoms with Crippen molar-refractivity contribution in [1.29, 1.82) is 0 Å². The predicted molar refractivity (Wildman–Crippen MR) is 75.2 cm³/mol. The average molecular weight is 303 g/mol. The zero-order chi connectivity index (χ0) is 15.7. The second-order valence-electron chi connectivity index (χ2n) is 5.17. The van der Waals surface area contributed by atoms with Gasteiger partial charge in [0.1, 0.15) is 11.5 Å². The number of hydrogen-bond donors (Lipinski definition) is 1. The molecule has 0 spiro atoms. The molecule has 1 N–H and O–H groups in total. The molecule has 1 fully saturated rings. The molecule has 3 rings (SSSR count). The molecule has 114 valence electrons. The summed E-state index contributed by atoms with van der Waals surface area (Å²) in [6.45, 7) is 0.573. The number of rotatable bonds is 3. The Morgan fingerprint density at radius 2 is 2.05 bits per heavy atom. The molecule has 1 aromatic heterocycles. The molecule has 0 bridgehead atoms. The summed E-state index contributed by atoms with van der Waals surface area (Å²) in [6.07, 6.45) is 1.95. The van der Waals surface area contributed by atoms with Gasteiger partial charge in [-0.3, -0.25) is 9.59 Å². The van der Waals surface area contributed by atoms with Crippen LogP contribution in [0.1, 0.15) is 16.9 Å². The van der Waals surface area contributed by atoms with Crippen molar-refractivity contribution >= 4 is 11.9 Å². The third kappa shape index (κ3) is 2.57. The molecule has 0 aliphatic carbocycles. The maximum atomic E-state index is 13.7. The van der Waals surface area contributed by atoms with E-state index >= 15 is 0 Å². The van der Waals surface area contributed by atoms with E-state index < -0.39 is 17.7 Å². The highest BCUT2D eigenvalue weighted by Crippen LogP contribution is 2.19. The van der Waals surface area contributed by atoms with Crippen molar-refractivity contribution in [1.82, 2.24) is 14.7 Å². The van der Waals surface area contributed by atoms with E-state index in [9.17, 15) is 14.0 Å². The van der Waals surface area contributed by atoms with Gasteiger partial charge in [0.05, 0.1) is 5.92 Å². The predicted octanol–water partition coefficient (Wildman–Crippen LogP) is 1.56. The van der Waals surface area contributed by atoms with Gasteiger partial charge in [0.2, 0.25) is 0 Å². The second kappa shape index (κ2) is 5.59. The lowest BCUT2D eigenvalue weighted by molar-refractivity contribution is -0.141. The number of carboxylic acid groups (broad SMARTS) is 1. The van der Waals surface area contributed by atoms with Gasteiger partial charge in [-0.2, -0.15) is 5.10 Å². The Bertz CT molecular complexity index is 728. The number of amides is 1. The standard InChI is InChI=1S/C15H14FN3O3/c16-11-3-1-2-4-13(11)19-8-6-12(17-19)14(20)18-7-5-10(9-18)15(21)22/h1-4,6,8,10H,5,7,9H2,(H,21,22). The van der Waals surface area contributed by atoms with Gasteiger partial charge in [0, 0.05) is 19.3 Å². The molecule has 1 unspecified atom stereocenters. The first-order valence-corrected chi connectivity index (χ1v) is 6.89. The van der Waals surface area contributed by atoms with Crippen LogP contribution >= 0.6 is 0 Å². The summed E-state index contributed by atoms with van der Waals surface area (Å²) in [7, 11) is 0. The Hall–Kier alpha value is -2.70. The average Bonchev–Trinajstić information content (AvgIpc) is 3.17. The number of likely N-dealkylation sites (tertiary alicyclic amines) is 1. The number of benzene rings is 1. The largest absolute Gasteiger partial charge is 0.481 e. The van der Waals surface area contributed by atoms with Crippen molar-refractivity contribution in [3.05, 3.63) is 48.0 Å². The van der Waals surface area contributed by atoms with Crippen LogP contribution in [-0.4, -0.2) is 44.8 Å². The van der Waals surface area contributed by atoms with Crippen LogP contribution < -0.4 is 0 Å². The summed E-state index contributed by atoms with van der Waals surface area (Å²) < 4.78 is 15.0. The van der Waals surface area contributed by atoms with Gasteiger partial charge in [-0.15, -0.1) is 0 Å². The molecule has 22 heavy (non-hydrogen) atoms. The van der Waals surface area contributed by atoms with Crippen molar-refractivity contribution in [3.8, 4) is 5.69 Å². The molecule has 6 nitrogen and oxygen atoms in total. The van der Waals surface area contributed by atoms with Gasteiger partial charge in [-0.25, -0.2) is 9.07 Å². The van der Waals surface area contributed by atoms with Gasteiger partial charge in [-0.05, 0) is 24.6 Å². The molecule has 1 aliphatic heterocycles. The van der Waals surface area contributed by atoms with Crippen LogP contribution in [0, 0.1) is 11.7 Å². The number of para-hydroxylation sites is 1. The van der Waals surface area contributed by atoms with Crippen LogP contribution in [-0.2, 0) is 4.79 Å². The first kappa shape index (κ1) is 14.2. The molecule has 1 atom stereocenters. The molecule has 7 heteroatoms. The summed E-state index contributed by atoms with van der Waals surface area (Å²) >= 11 is 0. The summed E-state index contributed by atoms with van der Waals surface area (Å²) in [5, 5.41) is 13.1. The molecular weight excluding hydrogens is 289 g/mol. The van der Waals surface area contributed by atoms with E-state index in [-0.39, 0.29) is 23.8 Å². The van der Waals surface area contributed by atoms with Crippen LogP contribution in [0.15, 0.2) is 36.5 Å². The third-order valence-electron chi connectivity index (χ3n) is 3.73. The number of hydrogen-bond acceptors (Lipinski definition) is 3. The van der Waals surface area contributed by atoms with Crippen molar-refractivity contribution in [2.24, 2.45) is 5.92 Å². The molecule has 1 amide bonds. The number of aliphatic carboxylic acids is 1. The highest BCUT2D eigenvalue weighted by Gasteiger charge is 2.32. The molecule has 2 aromatic rings. The van der Waals surface area contributed by atoms with E-state index in [0.717, 1.165) is 0 Å². The number of halogens is 1. The Morgan fingerprint density at radius 1 is 1.27 bits per heavy atom. The first-order valence-electron chi connectivity index (χ1n) is 6.89. The van der Waals surface area contributed by atoms with Gasteiger partial charge >= 0.3 is 5.97 Å². The Morgan fingerprint density at radius 3 is 2.73 bits per heavy atom. The van der Waals surface area contributed by atoms with E-state index in [4.69, 9.17) is 5.11 Å². The van der Waals surface area contributed by atoms with E-state index in [2.05, 4.69) is 5.10 Å². The lowest BCUT2D eigenvalue weighted by Crippen LogP contribution is -2.30. The van der Waals surface area contributed by atoms with Crippen molar-refractivity contribution in [3.63, 3.8) is 0 Å². The van der Waals surface area contributed by atoms with Gasteiger partial charge < -0.3 is 10.0 Å². The number of aromatic nitrogens is 2. The van der Waals surface area contributed by atoms with Crippen molar-refractivity contribution in [2.75, 3.05) is 13.1 Å². The minimum Gasteiger partial charge on any atom is -0.481 e. The molecule has 1 aliphatic rings. The normalized spacial score (nSPS) is 17.7. The van der Waals surface area contributed by atoms with Gasteiger partial charge in [-0.1, -0.05) is 12.1 Å². The number of carboxylic acids is 1. The summed E-state index contributed by atoms with van der Waals surface area (Å²) in [5.74, 6) is -2.19. The number of carbonyl (C=O) groups excluding carboxylic acids is 1. The molecule has 0 saturated carbocycles. The fourth-order valence-corrected chi connectivity index (χ4v) is 2.52. The zero-order valence-electron chi connectivity index (χ0n) is 11.6. The second-order valence-corrected chi connectivity index (χ2v) is 5.17. The van der Waals surface area contributed by atoms with Crippen LogP contribution in [0.25, 0.3) is 5.69 Å². The summed E-state index contributed by atoms with van der Waals surface area (Å²) in [4.78, 5) is 24.7. The van der Waals surface area contributed by atoms with Crippen LogP contribution in [0.2, 0.25) is 0 Å². The molecule has 2 heterocycles. The summed E-state index contributed by atoms with van der Waals surface area (Å²) in [5.41, 5.74) is 0.431. The molecule has 1 aromatic carbocycles. The van der Waals surface area contributed by atoms with E-state index in [0.29, 0.717) is 13.0 Å². The Kier molecular flexibility index (Phi) is 3.62. The monoisotopic (exact) mass is 303 g/mol. The fourth-order valence-electron chi connectivity index (χ4n) is 2.52. The van der Waals surface area contributed by atoms with Crippen molar-refractivity contribution in [2.45, 2.75) is 6.42 Å². The van der Waals surface area contributed by atoms with E-state index in [1.165, 1.54) is 27.9 Å². The van der Waals surface area contributed by atoms with Crippen LogP contribution in [0.3, 0.4) is 0 Å². The lowest BCUT2D eigenvalue weighted by Gasteiger charge is -2.13. The van der Waals surface area contributed by atoms with E-state index in [1.54, 1.807) is 18.2 Å². The van der Waals surface area contributed by atoms with E-state index in [1.807, 2.05) is 0 Å². The minimum atomic E-state index is -0.896. The van der Waals surface area contributed by atoms with Crippen LogP contribution in [0.5, 0.6) is 0 Å². The topological polar surface area (TPSA) is 75.4 Å². The number of carbonyl (C=O) groups is 2. The highest BCUT2D eigenvalue weighted by molar-refractivity contribution is 5.93. The molecule has 0 radical (unpaired) electrons. The maximum absolute atomic E-state index is 13.7. The molecule has 1 saturated heterocycles. The quantitative estimate of drug-likeness (QED) is 0.933. The Balaban J connectivity index is 1.78. The highest BCUT2D eigenvalue weighted by atomic mass is 19.1. The molecular formula is C15H14FN3O3. The lowest BCUT2D eigenvalue weighted by atomic mass is 10.1. The van der Waals surface area contributed by atoms with Gasteiger partial charge in [0.25, 0.3) is 5.91 Å². The first-order chi connectivity index (χ1) is 10.6. The van der Waals surface area contributed by atoms with Crippen molar-refractivity contribution < 1.29 is 19.1 Å². The van der Waals surface area contributed by atoms with Gasteiger partial charge in [0.15, 0.2) is 5.69 Å². The third-order valence-corrected chi connectivity index (χ3v) is 3.73. The minimum absolute atomic E-state index is 0.175. The van der Waals surface area contributed by atoms with Crippen LogP contribution in [0.4, 0.5) is 4.39 Å². The maximum Gasteiger partial charge on any atom is 0.308 e. The fraction of sp³-hybridized carbons (Fsp3) is 0.267. The zero-order valence-corrected chi connectivity index (χ0v) is 11.6.